The van der Waals surface area contributed by atoms with Gasteiger partial charge in [0.05, 0.1) is 12.1 Å². The van der Waals surface area contributed by atoms with E-state index in [9.17, 15) is 0 Å². The summed E-state index contributed by atoms with van der Waals surface area (Å²) in [6.07, 6.45) is 2.71. The monoisotopic (exact) mass is 310 g/mol. The molecule has 5 heteroatoms. The molecular weight excluding hydrogens is 292 g/mol. The minimum absolute atomic E-state index is 0.194. The molecule has 0 radical (unpaired) electrons. The molecule has 0 bridgehead atoms. The fourth-order valence-corrected chi connectivity index (χ4v) is 3.05. The number of hydrogen-bond donors (Lipinski definition) is 1. The van der Waals surface area contributed by atoms with Gasteiger partial charge in [0.1, 0.15) is 5.01 Å². The predicted octanol–water partition coefficient (Wildman–Crippen LogP) is 3.49. The molecule has 1 heterocycles. The third-order valence-corrected chi connectivity index (χ3v) is 4.49. The van der Waals surface area contributed by atoms with Gasteiger partial charge in [0, 0.05) is 30.3 Å². The summed E-state index contributed by atoms with van der Waals surface area (Å²) < 4.78 is 5.12. The van der Waals surface area contributed by atoms with E-state index < -0.39 is 0 Å². The number of nitrogens with zero attached hydrogens (tertiary/aromatic N) is 1. The summed E-state index contributed by atoms with van der Waals surface area (Å²) >= 11 is 7.61. The SMILES string of the molecule is COCCNC(C)(Cc1ccc(Cl)cc1)c1nccs1. The van der Waals surface area contributed by atoms with Crippen molar-refractivity contribution in [3.8, 4) is 0 Å². The number of rotatable bonds is 7. The van der Waals surface area contributed by atoms with Gasteiger partial charge in [-0.3, -0.25) is 0 Å². The molecule has 1 N–H and O–H groups in total. The maximum absolute atomic E-state index is 5.94. The zero-order chi connectivity index (χ0) is 14.4. The van der Waals surface area contributed by atoms with Crippen LogP contribution in [0.3, 0.4) is 0 Å². The lowest BCUT2D eigenvalue weighted by molar-refractivity contribution is 0.185. The van der Waals surface area contributed by atoms with E-state index in [0.717, 1.165) is 23.0 Å². The third-order valence-electron chi connectivity index (χ3n) is 3.20. The first-order valence-electron chi connectivity index (χ1n) is 6.52. The highest BCUT2D eigenvalue weighted by atomic mass is 35.5. The van der Waals surface area contributed by atoms with Crippen molar-refractivity contribution in [3.63, 3.8) is 0 Å². The standard InChI is InChI=1S/C15H19ClN2OS/c1-15(18-7-9-19-2,14-17-8-10-20-14)11-12-3-5-13(16)6-4-12/h3-6,8,10,18H,7,9,11H2,1-2H3. The number of ether oxygens (including phenoxy) is 1. The van der Waals surface area contributed by atoms with Crippen LogP contribution in [-0.4, -0.2) is 25.2 Å². The largest absolute Gasteiger partial charge is 0.383 e. The van der Waals surface area contributed by atoms with Gasteiger partial charge in [-0.1, -0.05) is 23.7 Å². The first-order chi connectivity index (χ1) is 9.64. The van der Waals surface area contributed by atoms with Gasteiger partial charge < -0.3 is 10.1 Å². The van der Waals surface area contributed by atoms with Gasteiger partial charge in [0.15, 0.2) is 0 Å². The van der Waals surface area contributed by atoms with Crippen molar-refractivity contribution in [2.75, 3.05) is 20.3 Å². The Hall–Kier alpha value is -0.940. The van der Waals surface area contributed by atoms with E-state index in [1.807, 2.05) is 23.7 Å². The van der Waals surface area contributed by atoms with Crippen molar-refractivity contribution in [3.05, 3.63) is 51.4 Å². The minimum Gasteiger partial charge on any atom is -0.383 e. The van der Waals surface area contributed by atoms with Gasteiger partial charge in [-0.15, -0.1) is 11.3 Å². The van der Waals surface area contributed by atoms with Crippen molar-refractivity contribution in [2.45, 2.75) is 18.9 Å². The van der Waals surface area contributed by atoms with Crippen LogP contribution in [0.5, 0.6) is 0 Å². The smallest absolute Gasteiger partial charge is 0.113 e. The molecular formula is C15H19ClN2OS. The number of aromatic nitrogens is 1. The number of halogens is 1. The zero-order valence-corrected chi connectivity index (χ0v) is 13.3. The first kappa shape index (κ1) is 15.4. The van der Waals surface area contributed by atoms with Crippen LogP contribution in [0.1, 0.15) is 17.5 Å². The second-order valence-electron chi connectivity index (χ2n) is 4.89. The Labute approximate surface area is 129 Å². The molecule has 1 aromatic carbocycles. The molecule has 0 fully saturated rings. The van der Waals surface area contributed by atoms with Crippen LogP contribution in [0, 0.1) is 0 Å². The van der Waals surface area contributed by atoms with Gasteiger partial charge in [-0.2, -0.15) is 0 Å². The Morgan fingerprint density at radius 3 is 2.70 bits per heavy atom. The Balaban J connectivity index is 2.15. The van der Waals surface area contributed by atoms with Crippen LogP contribution in [0.4, 0.5) is 0 Å². The lowest BCUT2D eigenvalue weighted by Gasteiger charge is -2.29. The van der Waals surface area contributed by atoms with E-state index >= 15 is 0 Å². The van der Waals surface area contributed by atoms with Gasteiger partial charge >= 0.3 is 0 Å². The van der Waals surface area contributed by atoms with Gasteiger partial charge in [0.25, 0.3) is 0 Å². The molecule has 1 atom stereocenters. The summed E-state index contributed by atoms with van der Waals surface area (Å²) in [6.45, 7) is 3.65. The van der Waals surface area contributed by atoms with Crippen molar-refractivity contribution >= 4 is 22.9 Å². The maximum Gasteiger partial charge on any atom is 0.113 e. The molecule has 0 saturated heterocycles. The Morgan fingerprint density at radius 2 is 2.10 bits per heavy atom. The quantitative estimate of drug-likeness (QED) is 0.795. The minimum atomic E-state index is -0.194. The summed E-state index contributed by atoms with van der Waals surface area (Å²) in [7, 11) is 1.71. The molecule has 108 valence electrons. The van der Waals surface area contributed by atoms with E-state index in [2.05, 4.69) is 29.4 Å². The van der Waals surface area contributed by atoms with Crippen molar-refractivity contribution in [2.24, 2.45) is 0 Å². The molecule has 20 heavy (non-hydrogen) atoms. The first-order valence-corrected chi connectivity index (χ1v) is 7.78. The molecule has 0 spiro atoms. The van der Waals surface area contributed by atoms with Crippen molar-refractivity contribution in [1.82, 2.24) is 10.3 Å². The highest BCUT2D eigenvalue weighted by Gasteiger charge is 2.28. The van der Waals surface area contributed by atoms with Crippen molar-refractivity contribution < 1.29 is 4.74 Å². The predicted molar refractivity (Wildman–Crippen MR) is 84.5 cm³/mol. The van der Waals surface area contributed by atoms with Gasteiger partial charge in [-0.25, -0.2) is 4.98 Å². The number of methoxy groups -OCH3 is 1. The molecule has 1 unspecified atom stereocenters. The van der Waals surface area contributed by atoms with Crippen LogP contribution >= 0.6 is 22.9 Å². The molecule has 3 nitrogen and oxygen atoms in total. The fourth-order valence-electron chi connectivity index (χ4n) is 2.15. The molecule has 0 aliphatic carbocycles. The molecule has 2 rings (SSSR count). The normalized spacial score (nSPS) is 14.2. The second kappa shape index (κ2) is 7.18. The van der Waals surface area contributed by atoms with Crippen LogP contribution in [0.2, 0.25) is 5.02 Å². The molecule has 0 aliphatic heterocycles. The zero-order valence-electron chi connectivity index (χ0n) is 11.7. The number of benzene rings is 1. The second-order valence-corrected chi connectivity index (χ2v) is 6.22. The Morgan fingerprint density at radius 1 is 1.35 bits per heavy atom. The molecule has 1 aromatic heterocycles. The topological polar surface area (TPSA) is 34.1 Å². The highest BCUT2D eigenvalue weighted by molar-refractivity contribution is 7.09. The summed E-state index contributed by atoms with van der Waals surface area (Å²) in [5, 5.41) is 7.41. The van der Waals surface area contributed by atoms with Gasteiger partial charge in [0.2, 0.25) is 0 Å². The number of nitrogens with one attached hydrogen (secondary N) is 1. The maximum atomic E-state index is 5.94. The Bertz CT molecular complexity index is 515. The van der Waals surface area contributed by atoms with E-state index in [1.54, 1.807) is 18.4 Å². The van der Waals surface area contributed by atoms with Crippen LogP contribution in [-0.2, 0) is 16.7 Å². The molecule has 2 aromatic rings. The van der Waals surface area contributed by atoms with Crippen LogP contribution in [0.15, 0.2) is 35.8 Å². The van der Waals surface area contributed by atoms with E-state index in [1.165, 1.54) is 5.56 Å². The average molecular weight is 311 g/mol. The van der Waals surface area contributed by atoms with E-state index in [-0.39, 0.29) is 5.54 Å². The van der Waals surface area contributed by atoms with E-state index in [4.69, 9.17) is 16.3 Å². The lowest BCUT2D eigenvalue weighted by Crippen LogP contribution is -2.43. The average Bonchev–Trinajstić information content (AvgIpc) is 2.97. The fraction of sp³-hybridized carbons (Fsp3) is 0.400. The lowest BCUT2D eigenvalue weighted by atomic mass is 9.93. The van der Waals surface area contributed by atoms with Crippen LogP contribution in [0.25, 0.3) is 0 Å². The Kier molecular flexibility index (Phi) is 5.54. The third kappa shape index (κ3) is 4.03. The molecule has 0 amide bonds. The van der Waals surface area contributed by atoms with Crippen molar-refractivity contribution in [1.29, 1.82) is 0 Å². The van der Waals surface area contributed by atoms with Crippen LogP contribution < -0.4 is 5.32 Å². The summed E-state index contributed by atoms with van der Waals surface area (Å²) in [4.78, 5) is 4.47. The number of thiazole rings is 1. The highest BCUT2D eigenvalue weighted by Crippen LogP contribution is 2.27. The number of hydrogen-bond acceptors (Lipinski definition) is 4. The summed E-state index contributed by atoms with van der Waals surface area (Å²) in [5.41, 5.74) is 1.04. The summed E-state index contributed by atoms with van der Waals surface area (Å²) in [6, 6.07) is 7.97. The molecule has 0 saturated carbocycles. The van der Waals surface area contributed by atoms with E-state index in [0.29, 0.717) is 6.61 Å². The van der Waals surface area contributed by atoms with Gasteiger partial charge in [-0.05, 0) is 31.0 Å². The molecule has 0 aliphatic rings. The summed E-state index contributed by atoms with van der Waals surface area (Å²) in [5.74, 6) is 0.